The van der Waals surface area contributed by atoms with E-state index in [0.717, 1.165) is 12.8 Å². The standard InChI is InChI=1S/C9H12F3N3O/c10-9(11,12)8-14-7(16-15-8)5-1-3-6(13)4-2-5/h5-6H,1-4,13H2. The van der Waals surface area contributed by atoms with Gasteiger partial charge >= 0.3 is 6.18 Å². The fourth-order valence-electron chi connectivity index (χ4n) is 1.88. The Kier molecular flexibility index (Phi) is 2.88. The van der Waals surface area contributed by atoms with Crippen LogP contribution in [0.4, 0.5) is 13.2 Å². The Balaban J connectivity index is 2.08. The Labute approximate surface area is 90.0 Å². The highest BCUT2D eigenvalue weighted by Crippen LogP contribution is 2.33. The Morgan fingerprint density at radius 2 is 1.81 bits per heavy atom. The van der Waals surface area contributed by atoms with Gasteiger partial charge in [0.05, 0.1) is 0 Å². The van der Waals surface area contributed by atoms with Gasteiger partial charge in [-0.1, -0.05) is 5.16 Å². The van der Waals surface area contributed by atoms with Crippen LogP contribution in [-0.4, -0.2) is 16.2 Å². The highest BCUT2D eigenvalue weighted by Gasteiger charge is 2.38. The van der Waals surface area contributed by atoms with Crippen molar-refractivity contribution in [2.75, 3.05) is 0 Å². The van der Waals surface area contributed by atoms with Crippen molar-refractivity contribution in [2.24, 2.45) is 5.73 Å². The molecule has 1 aromatic heterocycles. The predicted octanol–water partition coefficient (Wildman–Crippen LogP) is 2.07. The maximum atomic E-state index is 12.2. The van der Waals surface area contributed by atoms with E-state index < -0.39 is 12.0 Å². The number of halogens is 3. The van der Waals surface area contributed by atoms with E-state index in [9.17, 15) is 13.2 Å². The molecule has 0 saturated heterocycles. The number of nitrogens with two attached hydrogens (primary N) is 1. The van der Waals surface area contributed by atoms with Gasteiger partial charge < -0.3 is 10.3 Å². The lowest BCUT2D eigenvalue weighted by molar-refractivity contribution is -0.146. The molecule has 0 unspecified atom stereocenters. The average Bonchev–Trinajstić information content (AvgIpc) is 2.67. The first kappa shape index (κ1) is 11.4. The molecule has 1 aliphatic carbocycles. The first-order valence-electron chi connectivity index (χ1n) is 5.13. The lowest BCUT2D eigenvalue weighted by Gasteiger charge is -2.22. The third-order valence-electron chi connectivity index (χ3n) is 2.82. The van der Waals surface area contributed by atoms with Crippen molar-refractivity contribution in [3.05, 3.63) is 11.7 Å². The van der Waals surface area contributed by atoms with Crippen LogP contribution >= 0.6 is 0 Å². The summed E-state index contributed by atoms with van der Waals surface area (Å²) >= 11 is 0. The summed E-state index contributed by atoms with van der Waals surface area (Å²) in [6, 6.07) is 0.140. The van der Waals surface area contributed by atoms with Crippen molar-refractivity contribution in [3.8, 4) is 0 Å². The highest BCUT2D eigenvalue weighted by atomic mass is 19.4. The molecule has 0 radical (unpaired) electrons. The van der Waals surface area contributed by atoms with Gasteiger partial charge in [0.15, 0.2) is 0 Å². The Morgan fingerprint density at radius 1 is 1.19 bits per heavy atom. The summed E-state index contributed by atoms with van der Waals surface area (Å²) in [6.07, 6.45) is -1.54. The Morgan fingerprint density at radius 3 is 2.31 bits per heavy atom. The number of rotatable bonds is 1. The maximum Gasteiger partial charge on any atom is 0.455 e. The minimum atomic E-state index is -4.53. The molecule has 90 valence electrons. The highest BCUT2D eigenvalue weighted by molar-refractivity contribution is 4.98. The summed E-state index contributed by atoms with van der Waals surface area (Å²) in [5, 5.41) is 2.94. The SMILES string of the molecule is NC1CCC(c2nc(C(F)(F)F)no2)CC1. The fraction of sp³-hybridized carbons (Fsp3) is 0.778. The van der Waals surface area contributed by atoms with Crippen molar-refractivity contribution >= 4 is 0 Å². The number of alkyl halides is 3. The number of aromatic nitrogens is 2. The molecular formula is C9H12F3N3O. The van der Waals surface area contributed by atoms with E-state index in [1.807, 2.05) is 0 Å². The van der Waals surface area contributed by atoms with Gasteiger partial charge in [-0.15, -0.1) is 0 Å². The van der Waals surface area contributed by atoms with E-state index in [-0.39, 0.29) is 17.9 Å². The van der Waals surface area contributed by atoms with Crippen LogP contribution in [0.25, 0.3) is 0 Å². The molecule has 1 saturated carbocycles. The summed E-state index contributed by atoms with van der Waals surface area (Å²) in [4.78, 5) is 3.39. The molecule has 7 heteroatoms. The van der Waals surface area contributed by atoms with Gasteiger partial charge in [-0.2, -0.15) is 18.2 Å². The second-order valence-electron chi connectivity index (χ2n) is 4.07. The van der Waals surface area contributed by atoms with E-state index in [0.29, 0.717) is 12.8 Å². The molecule has 1 heterocycles. The summed E-state index contributed by atoms with van der Waals surface area (Å²) in [6.45, 7) is 0. The van der Waals surface area contributed by atoms with Crippen LogP contribution in [0.1, 0.15) is 43.3 Å². The van der Waals surface area contributed by atoms with E-state index >= 15 is 0 Å². The van der Waals surface area contributed by atoms with Crippen molar-refractivity contribution in [1.29, 1.82) is 0 Å². The molecule has 1 aromatic rings. The van der Waals surface area contributed by atoms with E-state index in [4.69, 9.17) is 5.73 Å². The molecule has 0 aromatic carbocycles. The van der Waals surface area contributed by atoms with Crippen molar-refractivity contribution in [2.45, 2.75) is 43.8 Å². The molecule has 2 N–H and O–H groups in total. The van der Waals surface area contributed by atoms with Crippen LogP contribution in [-0.2, 0) is 6.18 Å². The first-order valence-corrected chi connectivity index (χ1v) is 5.13. The fourth-order valence-corrected chi connectivity index (χ4v) is 1.88. The largest absolute Gasteiger partial charge is 0.455 e. The minimum Gasteiger partial charge on any atom is -0.339 e. The topological polar surface area (TPSA) is 64.9 Å². The second kappa shape index (κ2) is 4.04. The smallest absolute Gasteiger partial charge is 0.339 e. The molecule has 0 spiro atoms. The molecule has 0 amide bonds. The van der Waals surface area contributed by atoms with Gasteiger partial charge in [0, 0.05) is 12.0 Å². The second-order valence-corrected chi connectivity index (χ2v) is 4.07. The molecule has 0 atom stereocenters. The number of hydrogen-bond acceptors (Lipinski definition) is 4. The van der Waals surface area contributed by atoms with Gasteiger partial charge in [0.25, 0.3) is 5.82 Å². The quantitative estimate of drug-likeness (QED) is 0.809. The lowest BCUT2D eigenvalue weighted by atomic mass is 9.86. The summed E-state index contributed by atoms with van der Waals surface area (Å²) in [5.41, 5.74) is 5.70. The van der Waals surface area contributed by atoms with Crippen LogP contribution in [0, 0.1) is 0 Å². The molecule has 16 heavy (non-hydrogen) atoms. The third kappa shape index (κ3) is 2.34. The predicted molar refractivity (Wildman–Crippen MR) is 48.5 cm³/mol. The van der Waals surface area contributed by atoms with Gasteiger partial charge in [-0.3, -0.25) is 0 Å². The average molecular weight is 235 g/mol. The van der Waals surface area contributed by atoms with E-state index in [1.165, 1.54) is 0 Å². The number of nitrogens with zero attached hydrogens (tertiary/aromatic N) is 2. The minimum absolute atomic E-state index is 0.0802. The Hall–Kier alpha value is -1.11. The third-order valence-corrected chi connectivity index (χ3v) is 2.82. The normalized spacial score (nSPS) is 27.0. The van der Waals surface area contributed by atoms with Crippen molar-refractivity contribution < 1.29 is 17.7 Å². The van der Waals surface area contributed by atoms with Crippen molar-refractivity contribution in [3.63, 3.8) is 0 Å². The molecular weight excluding hydrogens is 223 g/mol. The van der Waals surface area contributed by atoms with Gasteiger partial charge in [-0.05, 0) is 25.7 Å². The molecule has 2 rings (SSSR count). The molecule has 4 nitrogen and oxygen atoms in total. The molecule has 1 aliphatic rings. The van der Waals surface area contributed by atoms with Gasteiger partial charge in [0.2, 0.25) is 5.89 Å². The van der Waals surface area contributed by atoms with Crippen LogP contribution in [0.2, 0.25) is 0 Å². The Bertz CT molecular complexity index is 355. The molecule has 1 fully saturated rings. The van der Waals surface area contributed by atoms with Crippen LogP contribution in [0.3, 0.4) is 0 Å². The number of hydrogen-bond donors (Lipinski definition) is 1. The monoisotopic (exact) mass is 235 g/mol. The van der Waals surface area contributed by atoms with E-state index in [1.54, 1.807) is 0 Å². The zero-order valence-corrected chi connectivity index (χ0v) is 8.50. The van der Waals surface area contributed by atoms with Gasteiger partial charge in [0.1, 0.15) is 0 Å². The van der Waals surface area contributed by atoms with Crippen LogP contribution < -0.4 is 5.73 Å². The zero-order chi connectivity index (χ0) is 11.8. The molecule has 0 bridgehead atoms. The first-order chi connectivity index (χ1) is 7.47. The van der Waals surface area contributed by atoms with E-state index in [2.05, 4.69) is 14.7 Å². The lowest BCUT2D eigenvalue weighted by Crippen LogP contribution is -2.25. The summed E-state index contributed by atoms with van der Waals surface area (Å²) < 4.78 is 41.3. The van der Waals surface area contributed by atoms with Gasteiger partial charge in [-0.25, -0.2) is 0 Å². The van der Waals surface area contributed by atoms with Crippen molar-refractivity contribution in [1.82, 2.24) is 10.1 Å². The van der Waals surface area contributed by atoms with Crippen LogP contribution in [0.15, 0.2) is 4.52 Å². The maximum absolute atomic E-state index is 12.2. The molecule has 0 aliphatic heterocycles. The zero-order valence-electron chi connectivity index (χ0n) is 8.50. The summed E-state index contributed by atoms with van der Waals surface area (Å²) in [7, 11) is 0. The van der Waals surface area contributed by atoms with Crippen LogP contribution in [0.5, 0.6) is 0 Å². The summed E-state index contributed by atoms with van der Waals surface area (Å²) in [5.74, 6) is -1.19.